The maximum Gasteiger partial charge on any atom is 0.304 e. The van der Waals surface area contributed by atoms with Crippen LogP contribution in [0, 0.1) is 0 Å². The van der Waals surface area contributed by atoms with Gasteiger partial charge in [-0.25, -0.2) is 0 Å². The van der Waals surface area contributed by atoms with Gasteiger partial charge in [-0.15, -0.1) is 0 Å². The summed E-state index contributed by atoms with van der Waals surface area (Å²) in [5.74, 6) is -1.21. The molecule has 0 aliphatic rings. The highest BCUT2D eigenvalue weighted by Crippen LogP contribution is 2.26. The lowest BCUT2D eigenvalue weighted by Crippen LogP contribution is -2.28. The lowest BCUT2D eigenvalue weighted by Gasteiger charge is -2.15. The highest BCUT2D eigenvalue weighted by Gasteiger charge is 2.16. The van der Waals surface area contributed by atoms with Crippen LogP contribution >= 0.6 is 0 Å². The number of ether oxygens (including phenoxy) is 1. The van der Waals surface area contributed by atoms with Crippen molar-refractivity contribution in [2.45, 2.75) is 12.3 Å². The van der Waals surface area contributed by atoms with Crippen LogP contribution in [0.2, 0.25) is 0 Å². The fourth-order valence-electron chi connectivity index (χ4n) is 2.50. The van der Waals surface area contributed by atoms with Gasteiger partial charge in [0.15, 0.2) is 11.5 Å². The first-order valence-corrected chi connectivity index (χ1v) is 8.09. The summed E-state index contributed by atoms with van der Waals surface area (Å²) in [6, 6.07) is 14.0. The molecule has 0 aromatic heterocycles. The largest absolute Gasteiger partial charge is 0.504 e. The molecule has 2 rings (SSSR count). The number of rotatable bonds is 8. The maximum atomic E-state index is 12.0. The number of carboxylic acids is 1. The Balaban J connectivity index is 1.98. The maximum absolute atomic E-state index is 12.0. The first-order valence-electron chi connectivity index (χ1n) is 8.09. The molecular formula is C20H21NO5. The van der Waals surface area contributed by atoms with Gasteiger partial charge >= 0.3 is 5.97 Å². The Morgan fingerprint density at radius 2 is 1.92 bits per heavy atom. The molecule has 1 amide bonds. The third-order valence-corrected chi connectivity index (χ3v) is 3.85. The summed E-state index contributed by atoms with van der Waals surface area (Å²) >= 11 is 0. The molecule has 0 saturated heterocycles. The molecular weight excluding hydrogens is 334 g/mol. The zero-order chi connectivity index (χ0) is 18.9. The van der Waals surface area contributed by atoms with Crippen molar-refractivity contribution in [3.63, 3.8) is 0 Å². The van der Waals surface area contributed by atoms with E-state index in [1.807, 2.05) is 30.3 Å². The highest BCUT2D eigenvalue weighted by molar-refractivity contribution is 5.91. The molecule has 0 saturated carbocycles. The predicted molar refractivity (Wildman–Crippen MR) is 98.1 cm³/mol. The van der Waals surface area contributed by atoms with E-state index in [2.05, 4.69) is 5.32 Å². The fourth-order valence-corrected chi connectivity index (χ4v) is 2.50. The molecule has 0 bridgehead atoms. The number of hydrogen-bond donors (Lipinski definition) is 3. The van der Waals surface area contributed by atoms with Crippen LogP contribution in [0.15, 0.2) is 54.6 Å². The summed E-state index contributed by atoms with van der Waals surface area (Å²) < 4.78 is 5.02. The molecule has 0 spiro atoms. The second-order valence-corrected chi connectivity index (χ2v) is 5.72. The van der Waals surface area contributed by atoms with Gasteiger partial charge < -0.3 is 20.3 Å². The van der Waals surface area contributed by atoms with Gasteiger partial charge in [-0.1, -0.05) is 36.4 Å². The number of aromatic hydroxyl groups is 1. The number of methoxy groups -OCH3 is 1. The van der Waals surface area contributed by atoms with Crippen molar-refractivity contribution >= 4 is 18.0 Å². The topological polar surface area (TPSA) is 95.9 Å². The van der Waals surface area contributed by atoms with Crippen molar-refractivity contribution in [1.82, 2.24) is 5.32 Å². The Labute approximate surface area is 151 Å². The molecule has 2 aromatic carbocycles. The summed E-state index contributed by atoms with van der Waals surface area (Å²) in [5.41, 5.74) is 1.56. The van der Waals surface area contributed by atoms with Gasteiger partial charge in [0.2, 0.25) is 5.91 Å². The molecule has 0 fully saturated rings. The van der Waals surface area contributed by atoms with E-state index in [1.165, 1.54) is 19.3 Å². The second kappa shape index (κ2) is 9.27. The number of carboxylic acid groups (broad SMARTS) is 1. The molecule has 1 atom stereocenters. The van der Waals surface area contributed by atoms with Crippen LogP contribution in [0.4, 0.5) is 0 Å². The van der Waals surface area contributed by atoms with Crippen molar-refractivity contribution in [2.75, 3.05) is 13.7 Å². The Bertz CT molecular complexity index is 786. The molecule has 0 aliphatic heterocycles. The Hall–Kier alpha value is -3.28. The Morgan fingerprint density at radius 1 is 1.19 bits per heavy atom. The molecule has 136 valence electrons. The van der Waals surface area contributed by atoms with Crippen LogP contribution in [0.1, 0.15) is 23.5 Å². The summed E-state index contributed by atoms with van der Waals surface area (Å²) in [5, 5.41) is 21.4. The van der Waals surface area contributed by atoms with Crippen LogP contribution in [-0.4, -0.2) is 35.7 Å². The molecule has 1 unspecified atom stereocenters. The van der Waals surface area contributed by atoms with Gasteiger partial charge in [0, 0.05) is 18.5 Å². The highest BCUT2D eigenvalue weighted by atomic mass is 16.5. The molecule has 2 aromatic rings. The van der Waals surface area contributed by atoms with E-state index >= 15 is 0 Å². The number of phenols is 1. The van der Waals surface area contributed by atoms with E-state index in [4.69, 9.17) is 9.84 Å². The van der Waals surface area contributed by atoms with Gasteiger partial charge in [0.1, 0.15) is 0 Å². The number of hydrogen-bond acceptors (Lipinski definition) is 4. The number of carbonyl (C=O) groups excluding carboxylic acids is 1. The summed E-state index contributed by atoms with van der Waals surface area (Å²) in [4.78, 5) is 23.1. The van der Waals surface area contributed by atoms with Crippen LogP contribution in [0.5, 0.6) is 11.5 Å². The van der Waals surface area contributed by atoms with E-state index < -0.39 is 5.97 Å². The predicted octanol–water partition coefficient (Wildman–Crippen LogP) is 2.79. The molecule has 6 heteroatoms. The van der Waals surface area contributed by atoms with E-state index in [1.54, 1.807) is 18.2 Å². The normalized spacial score (nSPS) is 11.9. The molecule has 0 heterocycles. The second-order valence-electron chi connectivity index (χ2n) is 5.72. The van der Waals surface area contributed by atoms with Crippen molar-refractivity contribution in [2.24, 2.45) is 0 Å². The number of benzene rings is 2. The number of carbonyl (C=O) groups is 2. The lowest BCUT2D eigenvalue weighted by atomic mass is 9.96. The van der Waals surface area contributed by atoms with Crippen LogP contribution in [0.25, 0.3) is 6.08 Å². The van der Waals surface area contributed by atoms with Gasteiger partial charge in [0.25, 0.3) is 0 Å². The minimum atomic E-state index is -0.917. The van der Waals surface area contributed by atoms with Gasteiger partial charge in [0.05, 0.1) is 13.5 Å². The number of amides is 1. The Morgan fingerprint density at radius 3 is 2.58 bits per heavy atom. The summed E-state index contributed by atoms with van der Waals surface area (Å²) in [6.45, 7) is 0.221. The fraction of sp³-hybridized carbons (Fsp3) is 0.200. The van der Waals surface area contributed by atoms with Crippen LogP contribution in [0.3, 0.4) is 0 Å². The van der Waals surface area contributed by atoms with Gasteiger partial charge in [-0.05, 0) is 29.3 Å². The summed E-state index contributed by atoms with van der Waals surface area (Å²) in [6.07, 6.45) is 2.88. The van der Waals surface area contributed by atoms with Gasteiger partial charge in [-0.2, -0.15) is 0 Å². The van der Waals surface area contributed by atoms with Crippen molar-refractivity contribution in [3.8, 4) is 11.5 Å². The molecule has 3 N–H and O–H groups in total. The van der Waals surface area contributed by atoms with Crippen molar-refractivity contribution < 1.29 is 24.5 Å². The molecule has 0 aliphatic carbocycles. The van der Waals surface area contributed by atoms with Gasteiger partial charge in [-0.3, -0.25) is 9.59 Å². The third kappa shape index (κ3) is 5.66. The van der Waals surface area contributed by atoms with E-state index in [-0.39, 0.29) is 30.5 Å². The quantitative estimate of drug-likeness (QED) is 0.633. The molecule has 26 heavy (non-hydrogen) atoms. The van der Waals surface area contributed by atoms with Crippen molar-refractivity contribution in [3.05, 3.63) is 65.7 Å². The minimum Gasteiger partial charge on any atom is -0.504 e. The molecule has 0 radical (unpaired) electrons. The van der Waals surface area contributed by atoms with Crippen LogP contribution in [-0.2, 0) is 9.59 Å². The van der Waals surface area contributed by atoms with E-state index in [0.29, 0.717) is 11.3 Å². The third-order valence-electron chi connectivity index (χ3n) is 3.85. The Kier molecular flexibility index (Phi) is 6.79. The van der Waals surface area contributed by atoms with E-state index in [0.717, 1.165) is 5.56 Å². The zero-order valence-corrected chi connectivity index (χ0v) is 14.4. The molecule has 6 nitrogen and oxygen atoms in total. The standard InChI is InChI=1S/C20H21NO5/c1-26-18-11-14(7-9-17(18)22)8-10-19(23)21-13-16(12-20(24)25)15-5-3-2-4-6-15/h2-11,16,22H,12-13H2,1H3,(H,21,23)(H,24,25)/b10-8+. The smallest absolute Gasteiger partial charge is 0.304 e. The first-order chi connectivity index (χ1) is 12.5. The monoisotopic (exact) mass is 355 g/mol. The lowest BCUT2D eigenvalue weighted by molar-refractivity contribution is -0.137. The summed E-state index contributed by atoms with van der Waals surface area (Å²) in [7, 11) is 1.45. The SMILES string of the molecule is COc1cc(/C=C/C(=O)NCC(CC(=O)O)c2ccccc2)ccc1O. The zero-order valence-electron chi connectivity index (χ0n) is 14.4. The average molecular weight is 355 g/mol. The van der Waals surface area contributed by atoms with Crippen LogP contribution < -0.4 is 10.1 Å². The van der Waals surface area contributed by atoms with Crippen molar-refractivity contribution in [1.29, 1.82) is 0 Å². The number of phenolic OH excluding ortho intramolecular Hbond substituents is 1. The minimum absolute atomic E-state index is 0.0217. The average Bonchev–Trinajstić information content (AvgIpc) is 2.64. The number of nitrogens with one attached hydrogen (secondary N) is 1. The first kappa shape index (κ1) is 19.1. The van der Waals surface area contributed by atoms with E-state index in [9.17, 15) is 14.7 Å². The number of aliphatic carboxylic acids is 1.